The van der Waals surface area contributed by atoms with Crippen LogP contribution in [0.15, 0.2) is 40.7 Å². The van der Waals surface area contributed by atoms with Crippen molar-refractivity contribution in [3.63, 3.8) is 0 Å². The predicted octanol–water partition coefficient (Wildman–Crippen LogP) is 4.09. The molecule has 7 heteroatoms. The standard InChI is InChI=1S/C19H18N2O3S2/c1-2-7-21-14-11-15-16(24-9-8-23-15)12-17(14)26-19(21)20-18(22)6-5-13-4-3-10-25-13/h3-6,10-12H,2,7-9H2,1H3. The van der Waals surface area contributed by atoms with Gasteiger partial charge in [0.2, 0.25) is 0 Å². The van der Waals surface area contributed by atoms with E-state index in [1.54, 1.807) is 17.4 Å². The van der Waals surface area contributed by atoms with Crippen molar-refractivity contribution < 1.29 is 14.3 Å². The summed E-state index contributed by atoms with van der Waals surface area (Å²) in [5, 5.41) is 1.98. The minimum Gasteiger partial charge on any atom is -0.486 e. The quantitative estimate of drug-likeness (QED) is 0.635. The number of carbonyl (C=O) groups is 1. The molecule has 26 heavy (non-hydrogen) atoms. The Morgan fingerprint density at radius 3 is 2.85 bits per heavy atom. The topological polar surface area (TPSA) is 52.8 Å². The van der Waals surface area contributed by atoms with Gasteiger partial charge in [0.05, 0.1) is 10.2 Å². The minimum atomic E-state index is -0.257. The summed E-state index contributed by atoms with van der Waals surface area (Å²) >= 11 is 3.09. The highest BCUT2D eigenvalue weighted by Gasteiger charge is 2.16. The predicted molar refractivity (Wildman–Crippen MR) is 105 cm³/mol. The Bertz CT molecular complexity index is 1030. The van der Waals surface area contributed by atoms with Gasteiger partial charge in [0.25, 0.3) is 5.91 Å². The van der Waals surface area contributed by atoms with Crippen molar-refractivity contribution in [3.8, 4) is 11.5 Å². The van der Waals surface area contributed by atoms with Crippen LogP contribution in [0.3, 0.4) is 0 Å². The number of hydrogen-bond acceptors (Lipinski definition) is 5. The van der Waals surface area contributed by atoms with Crippen LogP contribution in [-0.2, 0) is 11.3 Å². The molecule has 0 bridgehead atoms. The van der Waals surface area contributed by atoms with Crippen molar-refractivity contribution in [3.05, 3.63) is 45.4 Å². The largest absolute Gasteiger partial charge is 0.486 e. The van der Waals surface area contributed by atoms with Crippen LogP contribution in [0, 0.1) is 0 Å². The molecule has 2 aromatic heterocycles. The molecule has 0 N–H and O–H groups in total. The molecule has 0 fully saturated rings. The zero-order valence-electron chi connectivity index (χ0n) is 14.3. The fourth-order valence-electron chi connectivity index (χ4n) is 2.80. The number of amides is 1. The highest BCUT2D eigenvalue weighted by molar-refractivity contribution is 7.16. The number of fused-ring (bicyclic) bond motifs is 2. The van der Waals surface area contributed by atoms with Crippen molar-refractivity contribution in [2.45, 2.75) is 19.9 Å². The van der Waals surface area contributed by atoms with Crippen molar-refractivity contribution in [1.29, 1.82) is 0 Å². The van der Waals surface area contributed by atoms with Gasteiger partial charge in [-0.25, -0.2) is 0 Å². The Morgan fingerprint density at radius 1 is 1.31 bits per heavy atom. The van der Waals surface area contributed by atoms with Gasteiger partial charge in [0.15, 0.2) is 16.3 Å². The maximum Gasteiger partial charge on any atom is 0.272 e. The van der Waals surface area contributed by atoms with E-state index in [4.69, 9.17) is 9.47 Å². The lowest BCUT2D eigenvalue weighted by atomic mass is 10.2. The molecule has 1 amide bonds. The molecule has 1 aliphatic heterocycles. The Labute approximate surface area is 158 Å². The molecule has 1 aliphatic rings. The van der Waals surface area contributed by atoms with Gasteiger partial charge in [-0.05, 0) is 23.9 Å². The first-order chi connectivity index (χ1) is 12.7. The fourth-order valence-corrected chi connectivity index (χ4v) is 4.49. The van der Waals surface area contributed by atoms with Crippen LogP contribution in [0.2, 0.25) is 0 Å². The number of benzene rings is 1. The minimum absolute atomic E-state index is 0.257. The van der Waals surface area contributed by atoms with Gasteiger partial charge in [0.1, 0.15) is 13.2 Å². The summed E-state index contributed by atoms with van der Waals surface area (Å²) in [5.74, 6) is 1.25. The van der Waals surface area contributed by atoms with Crippen molar-refractivity contribution in [2.75, 3.05) is 13.2 Å². The maximum atomic E-state index is 12.3. The number of thiazole rings is 1. The van der Waals surface area contributed by atoms with Crippen LogP contribution in [0.5, 0.6) is 11.5 Å². The van der Waals surface area contributed by atoms with E-state index in [0.29, 0.717) is 18.0 Å². The van der Waals surface area contributed by atoms with E-state index >= 15 is 0 Å². The van der Waals surface area contributed by atoms with Gasteiger partial charge in [-0.15, -0.1) is 11.3 Å². The highest BCUT2D eigenvalue weighted by Crippen LogP contribution is 2.35. The average Bonchev–Trinajstić information content (AvgIpc) is 3.27. The van der Waals surface area contributed by atoms with E-state index in [0.717, 1.165) is 39.6 Å². The first-order valence-corrected chi connectivity index (χ1v) is 10.2. The summed E-state index contributed by atoms with van der Waals surface area (Å²) in [6, 6.07) is 7.89. The lowest BCUT2D eigenvalue weighted by Gasteiger charge is -2.18. The fraction of sp³-hybridized carbons (Fsp3) is 0.263. The molecule has 1 aromatic carbocycles. The average molecular weight is 386 g/mol. The molecule has 0 unspecified atom stereocenters. The van der Waals surface area contributed by atoms with E-state index in [1.165, 1.54) is 17.4 Å². The summed E-state index contributed by atoms with van der Waals surface area (Å²) in [6.07, 6.45) is 4.27. The number of aryl methyl sites for hydroxylation is 1. The lowest BCUT2D eigenvalue weighted by Crippen LogP contribution is -2.17. The highest BCUT2D eigenvalue weighted by atomic mass is 32.1. The molecular formula is C19H18N2O3S2. The smallest absolute Gasteiger partial charge is 0.272 e. The van der Waals surface area contributed by atoms with Crippen LogP contribution < -0.4 is 14.3 Å². The van der Waals surface area contributed by atoms with Gasteiger partial charge in [-0.3, -0.25) is 4.79 Å². The number of aromatic nitrogens is 1. The molecule has 0 saturated heterocycles. The van der Waals surface area contributed by atoms with Crippen LogP contribution in [-0.4, -0.2) is 23.7 Å². The number of nitrogens with zero attached hydrogens (tertiary/aromatic N) is 2. The van der Waals surface area contributed by atoms with Gasteiger partial charge < -0.3 is 14.0 Å². The summed E-state index contributed by atoms with van der Waals surface area (Å²) in [6.45, 7) is 4.01. The molecule has 3 aromatic rings. The number of thiophene rings is 1. The number of ether oxygens (including phenoxy) is 2. The normalized spacial score (nSPS) is 14.4. The van der Waals surface area contributed by atoms with Crippen molar-refractivity contribution in [2.24, 2.45) is 4.99 Å². The number of rotatable bonds is 4. The molecule has 0 radical (unpaired) electrons. The van der Waals surface area contributed by atoms with Crippen LogP contribution in [0.4, 0.5) is 0 Å². The second-order valence-electron chi connectivity index (χ2n) is 5.80. The summed E-state index contributed by atoms with van der Waals surface area (Å²) in [7, 11) is 0. The summed E-state index contributed by atoms with van der Waals surface area (Å²) in [5.41, 5.74) is 1.02. The van der Waals surface area contributed by atoms with Crippen LogP contribution in [0.1, 0.15) is 18.2 Å². The Balaban J connectivity index is 1.75. The van der Waals surface area contributed by atoms with Gasteiger partial charge in [-0.2, -0.15) is 4.99 Å². The Morgan fingerprint density at radius 2 is 2.12 bits per heavy atom. The molecule has 134 valence electrons. The molecule has 3 heterocycles. The van der Waals surface area contributed by atoms with E-state index in [1.807, 2.05) is 29.6 Å². The zero-order chi connectivity index (χ0) is 17.9. The monoisotopic (exact) mass is 386 g/mol. The third-order valence-electron chi connectivity index (χ3n) is 3.93. The summed E-state index contributed by atoms with van der Waals surface area (Å²) < 4.78 is 14.5. The third kappa shape index (κ3) is 3.45. The molecule has 0 aliphatic carbocycles. The van der Waals surface area contributed by atoms with Gasteiger partial charge in [0, 0.05) is 29.6 Å². The zero-order valence-corrected chi connectivity index (χ0v) is 15.9. The Kier molecular flexibility index (Phi) is 4.90. The van der Waals surface area contributed by atoms with Crippen molar-refractivity contribution >= 4 is 44.9 Å². The van der Waals surface area contributed by atoms with Crippen LogP contribution >= 0.6 is 22.7 Å². The van der Waals surface area contributed by atoms with Gasteiger partial charge >= 0.3 is 0 Å². The Hall–Kier alpha value is -2.38. The van der Waals surface area contributed by atoms with E-state index in [-0.39, 0.29) is 5.91 Å². The molecule has 0 atom stereocenters. The second kappa shape index (κ2) is 7.47. The second-order valence-corrected chi connectivity index (χ2v) is 7.79. The molecule has 5 nitrogen and oxygen atoms in total. The number of carbonyl (C=O) groups excluding carboxylic acids is 1. The number of hydrogen-bond donors (Lipinski definition) is 0. The van der Waals surface area contributed by atoms with E-state index in [2.05, 4.69) is 16.5 Å². The molecule has 0 spiro atoms. The molecule has 4 rings (SSSR count). The van der Waals surface area contributed by atoms with Crippen molar-refractivity contribution in [1.82, 2.24) is 4.57 Å². The van der Waals surface area contributed by atoms with E-state index in [9.17, 15) is 4.79 Å². The SMILES string of the molecule is CCCn1c(=NC(=O)C=Cc2cccs2)sc2cc3c(cc21)OCCO3. The maximum absolute atomic E-state index is 12.3. The van der Waals surface area contributed by atoms with Gasteiger partial charge in [-0.1, -0.05) is 24.3 Å². The third-order valence-corrected chi connectivity index (χ3v) is 5.81. The molecular weight excluding hydrogens is 368 g/mol. The van der Waals surface area contributed by atoms with E-state index < -0.39 is 0 Å². The summed E-state index contributed by atoms with van der Waals surface area (Å²) in [4.78, 5) is 18.3. The first kappa shape index (κ1) is 17.1. The van der Waals surface area contributed by atoms with Crippen LogP contribution in [0.25, 0.3) is 16.3 Å². The lowest BCUT2D eigenvalue weighted by molar-refractivity contribution is -0.113. The molecule has 0 saturated carbocycles. The first-order valence-electron chi connectivity index (χ1n) is 8.48.